The predicted molar refractivity (Wildman–Crippen MR) is 62.0 cm³/mol. The van der Waals surface area contributed by atoms with Crippen molar-refractivity contribution in [1.29, 1.82) is 0 Å². The Balaban J connectivity index is 1.78. The molecule has 1 aromatic heterocycles. The van der Waals surface area contributed by atoms with Crippen LogP contribution in [-0.4, -0.2) is 43.9 Å². The van der Waals surface area contributed by atoms with Crippen LogP contribution < -0.4 is 15.4 Å². The minimum Gasteiger partial charge on any atom is -0.433 e. The topological polar surface area (TPSA) is 55.4 Å². The summed E-state index contributed by atoms with van der Waals surface area (Å²) in [5.74, 6) is 0.650. The quantitative estimate of drug-likeness (QED) is 0.829. The Hall–Kier alpha value is -1.47. The summed E-state index contributed by atoms with van der Waals surface area (Å²) in [5.41, 5.74) is 0. The molecule has 5 nitrogen and oxygen atoms in total. The molecule has 1 aromatic rings. The van der Waals surface area contributed by atoms with Gasteiger partial charge in [-0.3, -0.25) is 0 Å². The molecule has 0 spiro atoms. The molecule has 0 bridgehead atoms. The largest absolute Gasteiger partial charge is 0.433 e. The van der Waals surface area contributed by atoms with E-state index in [4.69, 9.17) is 4.74 Å². The monoisotopic (exact) mass is 259 g/mol. The maximum atomic E-state index is 11.9. The zero-order valence-corrected chi connectivity index (χ0v) is 9.73. The molecular weight excluding hydrogens is 244 g/mol. The number of hydrogen-bond donors (Lipinski definition) is 2. The van der Waals surface area contributed by atoms with E-state index in [0.717, 1.165) is 13.1 Å². The van der Waals surface area contributed by atoms with E-state index < -0.39 is 6.61 Å². The number of ether oxygens (including phenoxy) is 2. The molecule has 1 unspecified atom stereocenters. The molecule has 1 aliphatic rings. The lowest BCUT2D eigenvalue weighted by Crippen LogP contribution is -2.42. The number of nitrogens with zero attached hydrogens (tertiary/aromatic N) is 1. The van der Waals surface area contributed by atoms with Crippen LogP contribution in [0.25, 0.3) is 0 Å². The number of anilines is 1. The van der Waals surface area contributed by atoms with Crippen molar-refractivity contribution in [2.75, 3.05) is 31.6 Å². The minimum atomic E-state index is -2.83. The number of rotatable bonds is 5. The predicted octanol–water partition coefficient (Wildman–Crippen LogP) is 1.08. The van der Waals surface area contributed by atoms with Gasteiger partial charge in [-0.25, -0.2) is 4.98 Å². The molecule has 1 atom stereocenters. The van der Waals surface area contributed by atoms with Gasteiger partial charge in [-0.1, -0.05) is 0 Å². The molecule has 2 N–H and O–H groups in total. The summed E-state index contributed by atoms with van der Waals surface area (Å²) >= 11 is 0. The summed E-state index contributed by atoms with van der Waals surface area (Å²) in [6, 6.07) is 3.04. The van der Waals surface area contributed by atoms with Crippen molar-refractivity contribution in [2.24, 2.45) is 0 Å². The van der Waals surface area contributed by atoms with Crippen LogP contribution in [0.15, 0.2) is 18.3 Å². The average molecular weight is 259 g/mol. The number of halogens is 2. The van der Waals surface area contributed by atoms with Crippen molar-refractivity contribution in [2.45, 2.75) is 12.7 Å². The number of alkyl halides is 2. The zero-order chi connectivity index (χ0) is 12.8. The van der Waals surface area contributed by atoms with E-state index in [1.165, 1.54) is 12.3 Å². The Kier molecular flexibility index (Phi) is 4.66. The van der Waals surface area contributed by atoms with Gasteiger partial charge in [-0.05, 0) is 12.1 Å². The molecule has 18 heavy (non-hydrogen) atoms. The van der Waals surface area contributed by atoms with Gasteiger partial charge < -0.3 is 20.1 Å². The van der Waals surface area contributed by atoms with E-state index in [1.54, 1.807) is 6.07 Å². The summed E-state index contributed by atoms with van der Waals surface area (Å²) in [5, 5.41) is 6.29. The highest BCUT2D eigenvalue weighted by molar-refractivity contribution is 5.37. The second kappa shape index (κ2) is 6.46. The van der Waals surface area contributed by atoms with Gasteiger partial charge in [0.1, 0.15) is 11.6 Å². The van der Waals surface area contributed by atoms with Gasteiger partial charge in [0.05, 0.1) is 18.9 Å². The summed E-state index contributed by atoms with van der Waals surface area (Å²) < 4.78 is 33.6. The number of nitrogens with one attached hydrogen (secondary N) is 2. The number of hydrogen-bond acceptors (Lipinski definition) is 5. The number of pyridine rings is 1. The van der Waals surface area contributed by atoms with Crippen molar-refractivity contribution >= 4 is 5.82 Å². The van der Waals surface area contributed by atoms with Crippen LogP contribution >= 0.6 is 0 Å². The van der Waals surface area contributed by atoms with Crippen molar-refractivity contribution in [3.8, 4) is 5.75 Å². The van der Waals surface area contributed by atoms with Gasteiger partial charge in [0.15, 0.2) is 0 Å². The molecule has 1 saturated heterocycles. The van der Waals surface area contributed by atoms with Gasteiger partial charge >= 0.3 is 6.61 Å². The smallest absolute Gasteiger partial charge is 0.387 e. The maximum absolute atomic E-state index is 11.9. The minimum absolute atomic E-state index is 0.0473. The highest BCUT2D eigenvalue weighted by Crippen LogP contribution is 2.14. The zero-order valence-electron chi connectivity index (χ0n) is 9.73. The van der Waals surface area contributed by atoms with E-state index in [9.17, 15) is 8.78 Å². The molecule has 0 aliphatic carbocycles. The Morgan fingerprint density at radius 2 is 2.44 bits per heavy atom. The standard InChI is InChI=1S/C11H15F2N3O2/c12-11(13)18-8-1-2-10(15-6-8)16-7-9-5-14-3-4-17-9/h1-2,6,9,11,14H,3-5,7H2,(H,15,16). The molecule has 1 fully saturated rings. The Morgan fingerprint density at radius 1 is 1.56 bits per heavy atom. The highest BCUT2D eigenvalue weighted by Gasteiger charge is 2.12. The second-order valence-corrected chi connectivity index (χ2v) is 3.84. The molecule has 0 radical (unpaired) electrons. The Morgan fingerprint density at radius 3 is 3.06 bits per heavy atom. The third-order valence-electron chi connectivity index (χ3n) is 2.48. The average Bonchev–Trinajstić information content (AvgIpc) is 2.38. The number of aromatic nitrogens is 1. The fraction of sp³-hybridized carbons (Fsp3) is 0.545. The van der Waals surface area contributed by atoms with Crippen LogP contribution in [0.2, 0.25) is 0 Å². The lowest BCUT2D eigenvalue weighted by Gasteiger charge is -2.23. The van der Waals surface area contributed by atoms with Crippen LogP contribution in [0.5, 0.6) is 5.75 Å². The van der Waals surface area contributed by atoms with E-state index in [1.807, 2.05) is 0 Å². The first kappa shape index (κ1) is 13.0. The van der Waals surface area contributed by atoms with Crippen LogP contribution in [0, 0.1) is 0 Å². The molecule has 0 saturated carbocycles. The van der Waals surface area contributed by atoms with Gasteiger partial charge in [0.2, 0.25) is 0 Å². The normalized spacial score (nSPS) is 19.8. The van der Waals surface area contributed by atoms with Crippen molar-refractivity contribution < 1.29 is 18.3 Å². The SMILES string of the molecule is FC(F)Oc1ccc(NCC2CNCCO2)nc1. The highest BCUT2D eigenvalue weighted by atomic mass is 19.3. The Labute approximate surface area is 103 Å². The third-order valence-corrected chi connectivity index (χ3v) is 2.48. The van der Waals surface area contributed by atoms with Crippen molar-refractivity contribution in [3.63, 3.8) is 0 Å². The first-order chi connectivity index (χ1) is 8.74. The Bertz CT molecular complexity index is 356. The maximum Gasteiger partial charge on any atom is 0.387 e. The number of morpholine rings is 1. The van der Waals surface area contributed by atoms with Crippen LogP contribution in [0.3, 0.4) is 0 Å². The van der Waals surface area contributed by atoms with Crippen LogP contribution in [0.1, 0.15) is 0 Å². The van der Waals surface area contributed by atoms with E-state index in [0.29, 0.717) is 19.0 Å². The molecule has 2 rings (SSSR count). The summed E-state index contributed by atoms with van der Waals surface area (Å²) in [6.45, 7) is 0.150. The van der Waals surface area contributed by atoms with E-state index in [-0.39, 0.29) is 11.9 Å². The molecule has 0 amide bonds. The molecule has 0 aromatic carbocycles. The molecule has 7 heteroatoms. The molecule has 1 aliphatic heterocycles. The molecular formula is C11H15F2N3O2. The lowest BCUT2D eigenvalue weighted by atomic mass is 10.3. The summed E-state index contributed by atoms with van der Waals surface area (Å²) in [7, 11) is 0. The van der Waals surface area contributed by atoms with Crippen molar-refractivity contribution in [1.82, 2.24) is 10.3 Å². The van der Waals surface area contributed by atoms with Gasteiger partial charge in [0, 0.05) is 19.6 Å². The third kappa shape index (κ3) is 4.08. The van der Waals surface area contributed by atoms with Gasteiger partial charge in [0.25, 0.3) is 0 Å². The molecule has 100 valence electrons. The summed E-state index contributed by atoms with van der Waals surface area (Å²) in [6.07, 6.45) is 1.35. The first-order valence-electron chi connectivity index (χ1n) is 5.71. The lowest BCUT2D eigenvalue weighted by molar-refractivity contribution is -0.0500. The van der Waals surface area contributed by atoms with Crippen LogP contribution in [-0.2, 0) is 4.74 Å². The first-order valence-corrected chi connectivity index (χ1v) is 5.71. The van der Waals surface area contributed by atoms with E-state index in [2.05, 4.69) is 20.4 Å². The van der Waals surface area contributed by atoms with Crippen molar-refractivity contribution in [3.05, 3.63) is 18.3 Å². The summed E-state index contributed by atoms with van der Waals surface area (Å²) in [4.78, 5) is 3.97. The van der Waals surface area contributed by atoms with E-state index >= 15 is 0 Å². The van der Waals surface area contributed by atoms with Gasteiger partial charge in [-0.15, -0.1) is 0 Å². The molecule has 2 heterocycles. The second-order valence-electron chi connectivity index (χ2n) is 3.84. The van der Waals surface area contributed by atoms with Gasteiger partial charge in [-0.2, -0.15) is 8.78 Å². The van der Waals surface area contributed by atoms with Crippen LogP contribution in [0.4, 0.5) is 14.6 Å². The fourth-order valence-electron chi connectivity index (χ4n) is 1.63. The fourth-order valence-corrected chi connectivity index (χ4v) is 1.63.